The Hall–Kier alpha value is -4.25. The summed E-state index contributed by atoms with van der Waals surface area (Å²) in [5.41, 5.74) is 1.60. The predicted molar refractivity (Wildman–Crippen MR) is 129 cm³/mol. The molecule has 3 aromatic rings. The number of nitrogens with zero attached hydrogens (tertiary/aromatic N) is 2. The van der Waals surface area contributed by atoms with Crippen LogP contribution in [0.4, 0.5) is 39.8 Å². The molecule has 0 spiro atoms. The van der Waals surface area contributed by atoms with Crippen molar-refractivity contribution in [3.63, 3.8) is 0 Å². The molecule has 0 atom stereocenters. The van der Waals surface area contributed by atoms with Crippen LogP contribution in [0.2, 0.25) is 5.02 Å². The minimum absolute atomic E-state index is 0.0122. The molecule has 0 aliphatic carbocycles. The smallest absolute Gasteiger partial charge is 0.362 e. The van der Waals surface area contributed by atoms with E-state index in [2.05, 4.69) is 15.6 Å². The molecule has 0 unspecified atom stereocenters. The number of urea groups is 2. The number of carbonyl (C=O) groups excluding carboxylic acids is 3. The van der Waals surface area contributed by atoms with Gasteiger partial charge in [-0.1, -0.05) is 17.7 Å². The zero-order chi connectivity index (χ0) is 25.6. The maximum absolute atomic E-state index is 13.2. The van der Waals surface area contributed by atoms with Gasteiger partial charge in [0.25, 0.3) is 5.91 Å². The molecule has 5 amide bonds. The van der Waals surface area contributed by atoms with E-state index in [9.17, 15) is 27.6 Å². The summed E-state index contributed by atoms with van der Waals surface area (Å²) >= 11 is 5.66. The minimum atomic E-state index is -4.69. The van der Waals surface area contributed by atoms with Gasteiger partial charge >= 0.3 is 18.2 Å². The average molecular weight is 516 g/mol. The second kappa shape index (κ2) is 8.76. The maximum atomic E-state index is 13.2. The SMILES string of the molecule is O=C1Nc2cc(NC(=O)N3CCN(c4ccc(Cl)c(C(F)(F)F)c4)C3=O)ccc2C1=Cc1ccc[nH]1. The zero-order valence-electron chi connectivity index (χ0n) is 18.3. The van der Waals surface area contributed by atoms with Crippen molar-refractivity contribution >= 4 is 58.3 Å². The van der Waals surface area contributed by atoms with Gasteiger partial charge in [0.05, 0.1) is 28.4 Å². The van der Waals surface area contributed by atoms with Crippen molar-refractivity contribution < 1.29 is 27.6 Å². The summed E-state index contributed by atoms with van der Waals surface area (Å²) in [6.07, 6.45) is -1.24. The van der Waals surface area contributed by atoms with Crippen LogP contribution < -0.4 is 15.5 Å². The Bertz CT molecular complexity index is 1420. The first-order valence-corrected chi connectivity index (χ1v) is 11.1. The standard InChI is InChI=1S/C24H17ClF3N5O3/c25-19-6-4-15(12-18(19)24(26,27)28)32-8-9-33(23(32)36)22(35)30-14-3-5-16-17(10-13-2-1-7-29-13)21(34)31-20(16)11-14/h1-7,10-12,29H,8-9H2,(H,30,35)(H,31,34). The lowest BCUT2D eigenvalue weighted by molar-refractivity contribution is -0.137. The van der Waals surface area contributed by atoms with E-state index in [0.29, 0.717) is 22.5 Å². The van der Waals surface area contributed by atoms with Crippen molar-refractivity contribution in [3.8, 4) is 0 Å². The number of imide groups is 1. The molecule has 0 radical (unpaired) electrons. The summed E-state index contributed by atoms with van der Waals surface area (Å²) in [7, 11) is 0. The number of anilines is 3. The highest BCUT2D eigenvalue weighted by atomic mass is 35.5. The first-order valence-electron chi connectivity index (χ1n) is 10.7. The third-order valence-electron chi connectivity index (χ3n) is 5.80. The minimum Gasteiger partial charge on any atom is -0.362 e. The molecule has 2 aliphatic heterocycles. The molecule has 36 heavy (non-hydrogen) atoms. The second-order valence-electron chi connectivity index (χ2n) is 8.08. The fraction of sp³-hybridized carbons (Fsp3) is 0.125. The molecule has 3 N–H and O–H groups in total. The van der Waals surface area contributed by atoms with Crippen molar-refractivity contribution in [2.24, 2.45) is 0 Å². The number of carbonyl (C=O) groups is 3. The molecule has 5 rings (SSSR count). The van der Waals surface area contributed by atoms with Crippen LogP contribution in [0.15, 0.2) is 54.7 Å². The molecule has 8 nitrogen and oxygen atoms in total. The van der Waals surface area contributed by atoms with Gasteiger partial charge in [0.1, 0.15) is 0 Å². The number of alkyl halides is 3. The molecule has 3 heterocycles. The van der Waals surface area contributed by atoms with E-state index in [1.165, 1.54) is 6.07 Å². The van der Waals surface area contributed by atoms with Gasteiger partial charge in [0.2, 0.25) is 0 Å². The fourth-order valence-electron chi connectivity index (χ4n) is 4.06. The van der Waals surface area contributed by atoms with E-state index >= 15 is 0 Å². The van der Waals surface area contributed by atoms with Gasteiger partial charge in [-0.25, -0.2) is 14.5 Å². The first-order chi connectivity index (χ1) is 17.1. The highest BCUT2D eigenvalue weighted by molar-refractivity contribution is 6.35. The summed E-state index contributed by atoms with van der Waals surface area (Å²) in [5.74, 6) is -0.297. The predicted octanol–water partition coefficient (Wildman–Crippen LogP) is 5.65. The molecule has 2 aliphatic rings. The van der Waals surface area contributed by atoms with E-state index in [1.54, 1.807) is 30.5 Å². The molecular weight excluding hydrogens is 499 g/mol. The molecule has 12 heteroatoms. The van der Waals surface area contributed by atoms with Gasteiger partial charge in [-0.05, 0) is 48.5 Å². The van der Waals surface area contributed by atoms with E-state index in [0.717, 1.165) is 27.6 Å². The maximum Gasteiger partial charge on any atom is 0.417 e. The van der Waals surface area contributed by atoms with Crippen LogP contribution in [0.1, 0.15) is 16.8 Å². The van der Waals surface area contributed by atoms with Crippen molar-refractivity contribution in [3.05, 3.63) is 76.6 Å². The summed E-state index contributed by atoms with van der Waals surface area (Å²) in [6.45, 7) is -0.0162. The Kier molecular flexibility index (Phi) is 5.71. The van der Waals surface area contributed by atoms with Crippen molar-refractivity contribution in [1.29, 1.82) is 0 Å². The zero-order valence-corrected chi connectivity index (χ0v) is 19.1. The number of hydrogen-bond donors (Lipinski definition) is 3. The van der Waals surface area contributed by atoms with Gasteiger partial charge in [0.15, 0.2) is 0 Å². The number of aromatic nitrogens is 1. The number of aromatic amines is 1. The van der Waals surface area contributed by atoms with Gasteiger partial charge in [-0.15, -0.1) is 0 Å². The van der Waals surface area contributed by atoms with Crippen molar-refractivity contribution in [2.75, 3.05) is 28.6 Å². The molecule has 2 aromatic carbocycles. The van der Waals surface area contributed by atoms with Gasteiger partial charge in [0, 0.05) is 35.4 Å². The molecule has 1 saturated heterocycles. The molecule has 1 aromatic heterocycles. The lowest BCUT2D eigenvalue weighted by atomic mass is 10.1. The molecular formula is C24H17ClF3N5O3. The summed E-state index contributed by atoms with van der Waals surface area (Å²) in [6, 6.07) is 10.1. The van der Waals surface area contributed by atoms with Gasteiger partial charge < -0.3 is 15.6 Å². The van der Waals surface area contributed by atoms with E-state index in [1.807, 2.05) is 12.1 Å². The Balaban J connectivity index is 1.31. The number of fused-ring (bicyclic) bond motifs is 1. The molecule has 1 fully saturated rings. The van der Waals surface area contributed by atoms with Crippen LogP contribution in [0.3, 0.4) is 0 Å². The summed E-state index contributed by atoms with van der Waals surface area (Å²) < 4.78 is 39.6. The van der Waals surface area contributed by atoms with Crippen LogP contribution in [0, 0.1) is 0 Å². The third-order valence-corrected chi connectivity index (χ3v) is 6.13. The van der Waals surface area contributed by atoms with E-state index in [4.69, 9.17) is 11.6 Å². The lowest BCUT2D eigenvalue weighted by Gasteiger charge is -2.19. The van der Waals surface area contributed by atoms with Crippen molar-refractivity contribution in [1.82, 2.24) is 9.88 Å². The number of nitrogens with one attached hydrogen (secondary N) is 3. The first kappa shape index (κ1) is 23.5. The average Bonchev–Trinajstić information content (AvgIpc) is 3.53. The van der Waals surface area contributed by atoms with Crippen LogP contribution in [-0.2, 0) is 11.0 Å². The fourth-order valence-corrected chi connectivity index (χ4v) is 4.28. The molecule has 0 saturated carbocycles. The number of rotatable bonds is 3. The van der Waals surface area contributed by atoms with E-state index < -0.39 is 28.8 Å². The van der Waals surface area contributed by atoms with E-state index in [-0.39, 0.29) is 24.7 Å². The van der Waals surface area contributed by atoms with Crippen LogP contribution in [-0.4, -0.2) is 40.9 Å². The number of benzene rings is 2. The molecule has 184 valence electrons. The number of hydrogen-bond acceptors (Lipinski definition) is 3. The quantitative estimate of drug-likeness (QED) is 0.393. The largest absolute Gasteiger partial charge is 0.417 e. The number of amides is 5. The summed E-state index contributed by atoms with van der Waals surface area (Å²) in [5, 5.41) is 4.85. The summed E-state index contributed by atoms with van der Waals surface area (Å²) in [4.78, 5) is 43.0. The normalized spacial score (nSPS) is 16.5. The highest BCUT2D eigenvalue weighted by Crippen LogP contribution is 2.38. The van der Waals surface area contributed by atoms with Gasteiger partial charge in [-0.3, -0.25) is 9.69 Å². The topological polar surface area (TPSA) is 97.5 Å². The second-order valence-corrected chi connectivity index (χ2v) is 8.48. The number of H-pyrrole nitrogens is 1. The Morgan fingerprint density at radius 1 is 1.08 bits per heavy atom. The monoisotopic (exact) mass is 515 g/mol. The Morgan fingerprint density at radius 3 is 2.61 bits per heavy atom. The highest BCUT2D eigenvalue weighted by Gasteiger charge is 2.37. The Morgan fingerprint density at radius 2 is 1.89 bits per heavy atom. The Labute approximate surface area is 207 Å². The van der Waals surface area contributed by atoms with Crippen molar-refractivity contribution in [2.45, 2.75) is 6.18 Å². The van der Waals surface area contributed by atoms with Crippen LogP contribution in [0.25, 0.3) is 11.6 Å². The molecule has 0 bridgehead atoms. The lowest BCUT2D eigenvalue weighted by Crippen LogP contribution is -2.39. The van der Waals surface area contributed by atoms with Gasteiger partial charge in [-0.2, -0.15) is 13.2 Å². The van der Waals surface area contributed by atoms with Crippen LogP contribution in [0.5, 0.6) is 0 Å². The van der Waals surface area contributed by atoms with Crippen LogP contribution >= 0.6 is 11.6 Å². The number of halogens is 4. The third kappa shape index (κ3) is 4.29.